The van der Waals surface area contributed by atoms with E-state index in [1.165, 1.54) is 24.3 Å². The fourth-order valence-corrected chi connectivity index (χ4v) is 2.73. The van der Waals surface area contributed by atoms with Crippen molar-refractivity contribution in [1.82, 2.24) is 9.97 Å². The van der Waals surface area contributed by atoms with E-state index in [0.717, 1.165) is 11.4 Å². The minimum Gasteiger partial charge on any atom is -0.399 e. The molecule has 1 aromatic carbocycles. The molecule has 3 N–H and O–H groups in total. The van der Waals surface area contributed by atoms with Crippen LogP contribution >= 0.6 is 0 Å². The van der Waals surface area contributed by atoms with E-state index in [2.05, 4.69) is 14.7 Å². The lowest BCUT2D eigenvalue weighted by Crippen LogP contribution is -2.16. The van der Waals surface area contributed by atoms with Gasteiger partial charge in [0, 0.05) is 17.1 Å². The first kappa shape index (κ1) is 15.2. The largest absolute Gasteiger partial charge is 0.399 e. The molecule has 0 bridgehead atoms. The summed E-state index contributed by atoms with van der Waals surface area (Å²) >= 11 is 0. The van der Waals surface area contributed by atoms with Gasteiger partial charge in [0.2, 0.25) is 5.95 Å². The molecule has 1 heterocycles. The number of aryl methyl sites for hydroxylation is 2. The molecule has 1 aromatic heterocycles. The number of sulfonamides is 1. The predicted octanol–water partition coefficient (Wildman–Crippen LogP) is 1.98. The first-order valence-electron chi connectivity index (χ1n) is 6.69. The van der Waals surface area contributed by atoms with Gasteiger partial charge in [0.15, 0.2) is 0 Å². The Morgan fingerprint density at radius 2 is 1.57 bits per heavy atom. The maximum Gasteiger partial charge on any atom is 0.264 e. The molecule has 112 valence electrons. The summed E-state index contributed by atoms with van der Waals surface area (Å²) in [7, 11) is -3.71. The average Bonchev–Trinajstić information content (AvgIpc) is 2.46. The van der Waals surface area contributed by atoms with E-state index in [-0.39, 0.29) is 10.8 Å². The van der Waals surface area contributed by atoms with Crippen molar-refractivity contribution in [3.05, 3.63) is 41.7 Å². The minimum absolute atomic E-state index is 0.100. The molecule has 0 saturated heterocycles. The minimum atomic E-state index is -3.71. The lowest BCUT2D eigenvalue weighted by molar-refractivity contribution is 0.600. The molecule has 0 aliphatic rings. The molecule has 6 nitrogen and oxygen atoms in total. The van der Waals surface area contributed by atoms with Crippen LogP contribution < -0.4 is 10.5 Å². The van der Waals surface area contributed by atoms with Gasteiger partial charge in [-0.1, -0.05) is 13.8 Å². The Bertz CT molecular complexity index is 705. The van der Waals surface area contributed by atoms with Crippen molar-refractivity contribution in [2.75, 3.05) is 10.5 Å². The van der Waals surface area contributed by atoms with E-state index in [1.54, 1.807) is 0 Å². The molecule has 0 fully saturated rings. The molecule has 0 radical (unpaired) electrons. The van der Waals surface area contributed by atoms with Gasteiger partial charge in [-0.3, -0.25) is 0 Å². The molecule has 0 spiro atoms. The van der Waals surface area contributed by atoms with Crippen LogP contribution in [0, 0.1) is 0 Å². The van der Waals surface area contributed by atoms with Crippen molar-refractivity contribution in [2.24, 2.45) is 0 Å². The zero-order chi connectivity index (χ0) is 15.5. The third kappa shape index (κ3) is 3.69. The van der Waals surface area contributed by atoms with Gasteiger partial charge in [0.05, 0.1) is 4.90 Å². The number of nitrogens with one attached hydrogen (secondary N) is 1. The zero-order valence-electron chi connectivity index (χ0n) is 12.0. The molecule has 7 heteroatoms. The van der Waals surface area contributed by atoms with Crippen molar-refractivity contribution >= 4 is 21.7 Å². The number of hydrogen-bond donors (Lipinski definition) is 2. The van der Waals surface area contributed by atoms with Gasteiger partial charge in [-0.2, -0.15) is 0 Å². The highest BCUT2D eigenvalue weighted by Crippen LogP contribution is 2.16. The Labute approximate surface area is 124 Å². The van der Waals surface area contributed by atoms with Crippen LogP contribution in [0.3, 0.4) is 0 Å². The van der Waals surface area contributed by atoms with Crippen LogP contribution in [0.25, 0.3) is 0 Å². The van der Waals surface area contributed by atoms with Gasteiger partial charge in [0.1, 0.15) is 0 Å². The third-order valence-electron chi connectivity index (χ3n) is 2.97. The highest BCUT2D eigenvalue weighted by molar-refractivity contribution is 7.92. The molecule has 0 unspecified atom stereocenters. The van der Waals surface area contributed by atoms with Gasteiger partial charge in [0.25, 0.3) is 10.0 Å². The zero-order valence-corrected chi connectivity index (χ0v) is 12.8. The summed E-state index contributed by atoms with van der Waals surface area (Å²) in [4.78, 5) is 8.53. The Balaban J connectivity index is 2.34. The molecule has 21 heavy (non-hydrogen) atoms. The van der Waals surface area contributed by atoms with Gasteiger partial charge < -0.3 is 5.73 Å². The topological polar surface area (TPSA) is 98.0 Å². The second kappa shape index (κ2) is 6.09. The monoisotopic (exact) mass is 306 g/mol. The fraction of sp³-hybridized carbons (Fsp3) is 0.286. The van der Waals surface area contributed by atoms with E-state index in [4.69, 9.17) is 5.73 Å². The van der Waals surface area contributed by atoms with Crippen molar-refractivity contribution in [3.63, 3.8) is 0 Å². The van der Waals surface area contributed by atoms with Crippen molar-refractivity contribution in [2.45, 2.75) is 31.6 Å². The Morgan fingerprint density at radius 1 is 1.05 bits per heavy atom. The maximum atomic E-state index is 12.3. The summed E-state index contributed by atoms with van der Waals surface area (Å²) in [6.07, 6.45) is 1.43. The van der Waals surface area contributed by atoms with E-state index >= 15 is 0 Å². The highest BCUT2D eigenvalue weighted by Gasteiger charge is 2.16. The lowest BCUT2D eigenvalue weighted by atomic mass is 10.2. The molecule has 2 rings (SSSR count). The smallest absolute Gasteiger partial charge is 0.264 e. The van der Waals surface area contributed by atoms with E-state index in [1.807, 2.05) is 19.9 Å². The Hall–Kier alpha value is -2.15. The van der Waals surface area contributed by atoms with Gasteiger partial charge in [-0.05, 0) is 43.2 Å². The number of anilines is 2. The molecule has 0 atom stereocenters. The number of benzene rings is 1. The van der Waals surface area contributed by atoms with Crippen LogP contribution in [0.4, 0.5) is 11.6 Å². The molecule has 2 aromatic rings. The predicted molar refractivity (Wildman–Crippen MR) is 82.5 cm³/mol. The average molecular weight is 306 g/mol. The van der Waals surface area contributed by atoms with Crippen molar-refractivity contribution < 1.29 is 8.42 Å². The second-order valence-electron chi connectivity index (χ2n) is 4.56. The number of hydrogen-bond acceptors (Lipinski definition) is 5. The van der Waals surface area contributed by atoms with E-state index in [9.17, 15) is 8.42 Å². The van der Waals surface area contributed by atoms with Crippen LogP contribution in [-0.2, 0) is 22.9 Å². The van der Waals surface area contributed by atoms with Gasteiger partial charge in [-0.25, -0.2) is 23.1 Å². The number of nitrogens with zero attached hydrogens (tertiary/aromatic N) is 2. The summed E-state index contributed by atoms with van der Waals surface area (Å²) < 4.78 is 27.0. The summed E-state index contributed by atoms with van der Waals surface area (Å²) in [6, 6.07) is 7.84. The molecule has 0 aliphatic heterocycles. The first-order valence-corrected chi connectivity index (χ1v) is 8.18. The van der Waals surface area contributed by atoms with E-state index in [0.29, 0.717) is 18.5 Å². The number of rotatable bonds is 5. The summed E-state index contributed by atoms with van der Waals surface area (Å²) in [5.74, 6) is 0.100. The van der Waals surface area contributed by atoms with Crippen LogP contribution in [0.5, 0.6) is 0 Å². The van der Waals surface area contributed by atoms with Crippen LogP contribution in [0.2, 0.25) is 0 Å². The van der Waals surface area contributed by atoms with Crippen LogP contribution in [0.15, 0.2) is 35.2 Å². The number of aromatic nitrogens is 2. The molecule has 0 aliphatic carbocycles. The van der Waals surface area contributed by atoms with Gasteiger partial charge in [-0.15, -0.1) is 0 Å². The number of nitrogens with two attached hydrogens (primary N) is 1. The Morgan fingerprint density at radius 3 is 2.05 bits per heavy atom. The second-order valence-corrected chi connectivity index (χ2v) is 6.24. The van der Waals surface area contributed by atoms with Crippen molar-refractivity contribution in [3.8, 4) is 0 Å². The third-order valence-corrected chi connectivity index (χ3v) is 4.32. The lowest BCUT2D eigenvalue weighted by Gasteiger charge is -2.09. The fourth-order valence-electron chi connectivity index (χ4n) is 1.79. The standard InChI is InChI=1S/C14H18N4O2S/c1-3-11-9-12(4-2)17-14(16-11)18-21(19,20)13-7-5-10(15)6-8-13/h5-9H,3-4,15H2,1-2H3,(H,16,17,18). The summed E-state index contributed by atoms with van der Waals surface area (Å²) in [6.45, 7) is 3.92. The van der Waals surface area contributed by atoms with Crippen LogP contribution in [0.1, 0.15) is 25.2 Å². The summed E-state index contributed by atoms with van der Waals surface area (Å²) in [5, 5.41) is 0. The quantitative estimate of drug-likeness (QED) is 0.823. The first-order chi connectivity index (χ1) is 9.94. The van der Waals surface area contributed by atoms with Crippen molar-refractivity contribution in [1.29, 1.82) is 0 Å². The molecular weight excluding hydrogens is 288 g/mol. The molecule has 0 saturated carbocycles. The molecule has 0 amide bonds. The molecular formula is C14H18N4O2S. The normalized spacial score (nSPS) is 11.3. The Kier molecular flexibility index (Phi) is 4.42. The van der Waals surface area contributed by atoms with E-state index < -0.39 is 10.0 Å². The maximum absolute atomic E-state index is 12.3. The summed E-state index contributed by atoms with van der Waals surface area (Å²) in [5.41, 5.74) is 7.67. The van der Waals surface area contributed by atoms with Gasteiger partial charge >= 0.3 is 0 Å². The highest BCUT2D eigenvalue weighted by atomic mass is 32.2. The van der Waals surface area contributed by atoms with Crippen LogP contribution in [-0.4, -0.2) is 18.4 Å². The SMILES string of the molecule is CCc1cc(CC)nc(NS(=O)(=O)c2ccc(N)cc2)n1. The number of nitrogen functional groups attached to an aromatic ring is 1.